The van der Waals surface area contributed by atoms with Crippen LogP contribution in [0.5, 0.6) is 0 Å². The van der Waals surface area contributed by atoms with Gasteiger partial charge < -0.3 is 10.1 Å². The van der Waals surface area contributed by atoms with Gasteiger partial charge in [0.05, 0.1) is 12.1 Å². The smallest absolute Gasteiger partial charge is 0.0770 e. The molecule has 1 heterocycles. The van der Waals surface area contributed by atoms with Crippen molar-refractivity contribution < 1.29 is 4.74 Å². The molecule has 0 aliphatic rings. The highest BCUT2D eigenvalue weighted by Gasteiger charge is 2.24. The van der Waals surface area contributed by atoms with Gasteiger partial charge in [-0.05, 0) is 30.8 Å². The molecule has 0 aliphatic heterocycles. The predicted molar refractivity (Wildman–Crippen MR) is 88.5 cm³/mol. The molecule has 114 valence electrons. The van der Waals surface area contributed by atoms with Crippen molar-refractivity contribution in [2.45, 2.75) is 45.8 Å². The monoisotopic (exact) mass is 286 g/mol. The van der Waals surface area contributed by atoms with Crippen LogP contribution >= 0.6 is 0 Å². The van der Waals surface area contributed by atoms with E-state index in [0.29, 0.717) is 0 Å². The van der Waals surface area contributed by atoms with Gasteiger partial charge in [-0.3, -0.25) is 4.98 Å². The first-order valence-electron chi connectivity index (χ1n) is 7.99. The molecule has 0 saturated heterocycles. The molecule has 3 heteroatoms. The van der Waals surface area contributed by atoms with E-state index < -0.39 is 0 Å². The average Bonchev–Trinajstić information content (AvgIpc) is 2.52. The van der Waals surface area contributed by atoms with Crippen molar-refractivity contribution in [1.82, 2.24) is 10.3 Å². The predicted octanol–water partition coefficient (Wildman–Crippen LogP) is 4.09. The Kier molecular flexibility index (Phi) is 6.15. The molecule has 21 heavy (non-hydrogen) atoms. The third-order valence-corrected chi connectivity index (χ3v) is 3.78. The molecule has 2 unspecified atom stereocenters. The Balaban J connectivity index is 2.43. The summed E-state index contributed by atoms with van der Waals surface area (Å²) in [7, 11) is 0. The van der Waals surface area contributed by atoms with E-state index >= 15 is 0 Å². The molecule has 2 aromatic rings. The zero-order chi connectivity index (χ0) is 15.1. The second kappa shape index (κ2) is 8.11. The minimum atomic E-state index is 0.188. The summed E-state index contributed by atoms with van der Waals surface area (Å²) in [6.45, 7) is 8.07. The maximum atomic E-state index is 6.01. The summed E-state index contributed by atoms with van der Waals surface area (Å²) >= 11 is 0. The number of hydrogen-bond acceptors (Lipinski definition) is 3. The summed E-state index contributed by atoms with van der Waals surface area (Å²) in [5, 5.41) is 6.04. The van der Waals surface area contributed by atoms with Crippen molar-refractivity contribution in [1.29, 1.82) is 0 Å². The van der Waals surface area contributed by atoms with E-state index in [4.69, 9.17) is 4.74 Å². The van der Waals surface area contributed by atoms with Crippen molar-refractivity contribution in [3.63, 3.8) is 0 Å². The Morgan fingerprint density at radius 2 is 1.95 bits per heavy atom. The molecule has 0 spiro atoms. The maximum absolute atomic E-state index is 6.01. The van der Waals surface area contributed by atoms with E-state index in [1.54, 1.807) is 0 Å². The van der Waals surface area contributed by atoms with Crippen LogP contribution < -0.4 is 5.32 Å². The van der Waals surface area contributed by atoms with E-state index in [-0.39, 0.29) is 12.1 Å². The van der Waals surface area contributed by atoms with Crippen LogP contribution in [-0.2, 0) is 4.74 Å². The number of rotatable bonds is 8. The zero-order valence-corrected chi connectivity index (χ0v) is 13.3. The highest BCUT2D eigenvalue weighted by Crippen LogP contribution is 2.28. The van der Waals surface area contributed by atoms with Crippen LogP contribution in [0.15, 0.2) is 36.7 Å². The molecule has 1 aromatic carbocycles. The van der Waals surface area contributed by atoms with Gasteiger partial charge in [-0.2, -0.15) is 0 Å². The van der Waals surface area contributed by atoms with Crippen molar-refractivity contribution in [2.24, 2.45) is 0 Å². The van der Waals surface area contributed by atoms with E-state index in [2.05, 4.69) is 55.3 Å². The summed E-state index contributed by atoms with van der Waals surface area (Å²) in [6, 6.07) is 8.62. The Morgan fingerprint density at radius 3 is 2.67 bits per heavy atom. The highest BCUT2D eigenvalue weighted by atomic mass is 16.5. The van der Waals surface area contributed by atoms with Gasteiger partial charge in [0.2, 0.25) is 0 Å². The molecule has 2 atom stereocenters. The number of nitrogens with zero attached hydrogens (tertiary/aromatic N) is 1. The Morgan fingerprint density at radius 1 is 1.14 bits per heavy atom. The van der Waals surface area contributed by atoms with Gasteiger partial charge in [-0.25, -0.2) is 0 Å². The number of nitrogens with one attached hydrogen (secondary N) is 1. The lowest BCUT2D eigenvalue weighted by Crippen LogP contribution is -2.34. The van der Waals surface area contributed by atoms with E-state index in [9.17, 15) is 0 Å². The quantitative estimate of drug-likeness (QED) is 0.793. The van der Waals surface area contributed by atoms with Gasteiger partial charge in [0.25, 0.3) is 0 Å². The number of benzene rings is 1. The standard InChI is InChI=1S/C18H26N2O/c1-4-9-17(21-6-3)18(20-5-2)16-13-19-12-14-10-7-8-11-15(14)16/h7-8,10-13,17-18,20H,4-6,9H2,1-3H3. The molecular weight excluding hydrogens is 260 g/mol. The first-order chi connectivity index (χ1) is 10.3. The van der Waals surface area contributed by atoms with Crippen LogP contribution in [0.1, 0.15) is 45.2 Å². The fraction of sp³-hybridized carbons (Fsp3) is 0.500. The van der Waals surface area contributed by atoms with Gasteiger partial charge in [0.15, 0.2) is 0 Å². The average molecular weight is 286 g/mol. The van der Waals surface area contributed by atoms with Crippen molar-refractivity contribution >= 4 is 10.8 Å². The Hall–Kier alpha value is -1.45. The summed E-state index contributed by atoms with van der Waals surface area (Å²) in [5.41, 5.74) is 1.24. The van der Waals surface area contributed by atoms with Crippen molar-refractivity contribution in [3.05, 3.63) is 42.2 Å². The van der Waals surface area contributed by atoms with Crippen LogP contribution in [0.25, 0.3) is 10.8 Å². The van der Waals surface area contributed by atoms with Crippen molar-refractivity contribution in [2.75, 3.05) is 13.2 Å². The normalized spacial score (nSPS) is 14.2. The topological polar surface area (TPSA) is 34.1 Å². The minimum Gasteiger partial charge on any atom is -0.377 e. The molecular formula is C18H26N2O. The van der Waals surface area contributed by atoms with E-state index in [1.165, 1.54) is 16.3 Å². The van der Waals surface area contributed by atoms with Crippen molar-refractivity contribution in [3.8, 4) is 0 Å². The lowest BCUT2D eigenvalue weighted by Gasteiger charge is -2.28. The molecule has 1 N–H and O–H groups in total. The fourth-order valence-electron chi connectivity index (χ4n) is 2.89. The third kappa shape index (κ3) is 3.80. The second-order valence-corrected chi connectivity index (χ2v) is 5.27. The van der Waals surface area contributed by atoms with Gasteiger partial charge in [0.1, 0.15) is 0 Å². The zero-order valence-electron chi connectivity index (χ0n) is 13.3. The van der Waals surface area contributed by atoms with Crippen LogP contribution in [-0.4, -0.2) is 24.2 Å². The molecule has 2 rings (SSSR count). The van der Waals surface area contributed by atoms with Gasteiger partial charge >= 0.3 is 0 Å². The SMILES string of the molecule is CCCC(OCC)C(NCC)c1cncc2ccccc12. The summed E-state index contributed by atoms with van der Waals surface area (Å²) in [5.74, 6) is 0. The number of aromatic nitrogens is 1. The highest BCUT2D eigenvalue weighted by molar-refractivity contribution is 5.85. The number of fused-ring (bicyclic) bond motifs is 1. The molecule has 0 fully saturated rings. The molecule has 3 nitrogen and oxygen atoms in total. The van der Waals surface area contributed by atoms with Gasteiger partial charge in [0, 0.05) is 24.4 Å². The molecule has 0 bridgehead atoms. The molecule has 0 amide bonds. The Bertz CT molecular complexity index is 544. The lowest BCUT2D eigenvalue weighted by atomic mass is 9.95. The summed E-state index contributed by atoms with van der Waals surface area (Å²) < 4.78 is 6.01. The van der Waals surface area contributed by atoms with E-state index in [0.717, 1.165) is 26.0 Å². The number of ether oxygens (including phenoxy) is 1. The van der Waals surface area contributed by atoms with Gasteiger partial charge in [-0.15, -0.1) is 0 Å². The first kappa shape index (κ1) is 15.9. The lowest BCUT2D eigenvalue weighted by molar-refractivity contribution is 0.0283. The number of hydrogen-bond donors (Lipinski definition) is 1. The summed E-state index contributed by atoms with van der Waals surface area (Å²) in [4.78, 5) is 4.42. The summed E-state index contributed by atoms with van der Waals surface area (Å²) in [6.07, 6.45) is 6.27. The molecule has 0 radical (unpaired) electrons. The van der Waals surface area contributed by atoms with Crippen LogP contribution in [0.2, 0.25) is 0 Å². The third-order valence-electron chi connectivity index (χ3n) is 3.78. The van der Waals surface area contributed by atoms with Crippen LogP contribution in [0.4, 0.5) is 0 Å². The molecule has 0 aliphatic carbocycles. The molecule has 0 saturated carbocycles. The number of likely N-dealkylation sites (N-methyl/N-ethyl adjacent to an activating group) is 1. The largest absolute Gasteiger partial charge is 0.377 e. The second-order valence-electron chi connectivity index (χ2n) is 5.27. The maximum Gasteiger partial charge on any atom is 0.0770 e. The fourth-order valence-corrected chi connectivity index (χ4v) is 2.89. The van der Waals surface area contributed by atoms with Gasteiger partial charge in [-0.1, -0.05) is 44.5 Å². The molecule has 1 aromatic heterocycles. The Labute approximate surface area is 127 Å². The van der Waals surface area contributed by atoms with E-state index in [1.807, 2.05) is 12.4 Å². The number of pyridine rings is 1. The van der Waals surface area contributed by atoms with Crippen LogP contribution in [0.3, 0.4) is 0 Å². The van der Waals surface area contributed by atoms with Crippen LogP contribution in [0, 0.1) is 0 Å². The first-order valence-corrected chi connectivity index (χ1v) is 7.99. The minimum absolute atomic E-state index is 0.188.